The molecule has 0 aliphatic rings. The molecular weight excluding hydrogens is 393 g/mol. The number of hydrogen-bond donors (Lipinski definition) is 2. The number of aromatic nitrogens is 2. The number of para-hydroxylation sites is 1. The number of halogens is 1. The van der Waals surface area contributed by atoms with Crippen LogP contribution < -0.4 is 10.6 Å². The molecule has 1 aromatic heterocycles. The maximum atomic E-state index is 13.5. The molecule has 0 aliphatic carbocycles. The molecule has 3 rings (SSSR count). The van der Waals surface area contributed by atoms with Gasteiger partial charge in [0, 0.05) is 30.0 Å². The number of nitrogens with one attached hydrogen (secondary N) is 2. The van der Waals surface area contributed by atoms with Crippen molar-refractivity contribution in [3.05, 3.63) is 82.4 Å². The first kappa shape index (κ1) is 22.2. The third-order valence-corrected chi connectivity index (χ3v) is 5.18. The van der Waals surface area contributed by atoms with Crippen LogP contribution in [-0.4, -0.2) is 28.2 Å². The first-order valence-corrected chi connectivity index (χ1v) is 10.4. The van der Waals surface area contributed by atoms with Gasteiger partial charge in [-0.25, -0.2) is 4.39 Å². The van der Waals surface area contributed by atoms with Crippen molar-refractivity contribution in [2.75, 3.05) is 11.9 Å². The molecule has 7 heteroatoms. The van der Waals surface area contributed by atoms with Gasteiger partial charge in [-0.1, -0.05) is 24.3 Å². The lowest BCUT2D eigenvalue weighted by Gasteiger charge is -2.14. The summed E-state index contributed by atoms with van der Waals surface area (Å²) < 4.78 is 15.5. The highest BCUT2D eigenvalue weighted by atomic mass is 19.1. The second-order valence-electron chi connectivity index (χ2n) is 7.35. The predicted octanol–water partition coefficient (Wildman–Crippen LogP) is 4.41. The van der Waals surface area contributed by atoms with Crippen LogP contribution in [0.2, 0.25) is 0 Å². The minimum atomic E-state index is -0.461. The third kappa shape index (κ3) is 5.57. The maximum Gasteiger partial charge on any atom is 0.258 e. The molecule has 0 radical (unpaired) electrons. The summed E-state index contributed by atoms with van der Waals surface area (Å²) in [5.74, 6) is -0.566. The first-order valence-electron chi connectivity index (χ1n) is 10.4. The van der Waals surface area contributed by atoms with Crippen molar-refractivity contribution in [3.8, 4) is 0 Å². The Balaban J connectivity index is 1.80. The molecule has 1 amide bonds. The van der Waals surface area contributed by atoms with E-state index in [1.165, 1.54) is 18.2 Å². The Kier molecular flexibility index (Phi) is 7.18. The Morgan fingerprint density at radius 3 is 2.58 bits per heavy atom. The van der Waals surface area contributed by atoms with Crippen LogP contribution in [0.3, 0.4) is 0 Å². The van der Waals surface area contributed by atoms with E-state index in [0.717, 1.165) is 34.7 Å². The van der Waals surface area contributed by atoms with Crippen molar-refractivity contribution in [3.63, 3.8) is 0 Å². The number of anilines is 1. The highest BCUT2D eigenvalue weighted by molar-refractivity contribution is 6.10. The number of carbonyl (C=O) groups excluding carboxylic acids is 1. The number of rotatable bonds is 6. The monoisotopic (exact) mass is 421 g/mol. The fourth-order valence-corrected chi connectivity index (χ4v) is 3.44. The minimum Gasteiger partial charge on any atom is -0.326 e. The lowest BCUT2D eigenvalue weighted by Crippen LogP contribution is -2.36. The van der Waals surface area contributed by atoms with Crippen LogP contribution >= 0.6 is 0 Å². The zero-order valence-corrected chi connectivity index (χ0v) is 18.4. The average molecular weight is 422 g/mol. The van der Waals surface area contributed by atoms with Crippen LogP contribution in [-0.2, 0) is 13.0 Å². The van der Waals surface area contributed by atoms with Crippen molar-refractivity contribution in [1.29, 1.82) is 0 Å². The summed E-state index contributed by atoms with van der Waals surface area (Å²) in [7, 11) is 0. The quantitative estimate of drug-likeness (QED) is 0.458. The van der Waals surface area contributed by atoms with Gasteiger partial charge in [0.1, 0.15) is 5.82 Å². The van der Waals surface area contributed by atoms with E-state index in [9.17, 15) is 9.18 Å². The standard InChI is InChI=1S/C24H28FN5O/c1-5-30-18(4)21(17(3)29-30)13-14-26-24(27-22-12-7-6-9-16(22)2)28-23(31)19-10-8-11-20(25)15-19/h6-12,15H,5,13-14H2,1-4H3,(H2,26,27,28,31). The van der Waals surface area contributed by atoms with Crippen LogP contribution in [0.1, 0.15) is 39.8 Å². The Bertz CT molecular complexity index is 1100. The lowest BCUT2D eigenvalue weighted by atomic mass is 10.1. The van der Waals surface area contributed by atoms with Gasteiger partial charge in [0.25, 0.3) is 5.91 Å². The molecule has 0 spiro atoms. The van der Waals surface area contributed by atoms with Gasteiger partial charge in [0.2, 0.25) is 5.96 Å². The van der Waals surface area contributed by atoms with Gasteiger partial charge in [-0.2, -0.15) is 5.10 Å². The summed E-state index contributed by atoms with van der Waals surface area (Å²) in [6.07, 6.45) is 0.701. The molecule has 0 aliphatic heterocycles. The smallest absolute Gasteiger partial charge is 0.258 e. The molecule has 0 unspecified atom stereocenters. The highest BCUT2D eigenvalue weighted by Crippen LogP contribution is 2.15. The number of amides is 1. The van der Waals surface area contributed by atoms with Gasteiger partial charge in [0.15, 0.2) is 0 Å². The summed E-state index contributed by atoms with van der Waals surface area (Å²) >= 11 is 0. The van der Waals surface area contributed by atoms with Crippen molar-refractivity contribution >= 4 is 17.6 Å². The van der Waals surface area contributed by atoms with Crippen molar-refractivity contribution in [2.24, 2.45) is 4.99 Å². The van der Waals surface area contributed by atoms with E-state index >= 15 is 0 Å². The van der Waals surface area contributed by atoms with Crippen LogP contribution in [0.25, 0.3) is 0 Å². The molecular formula is C24H28FN5O. The summed E-state index contributed by atoms with van der Waals surface area (Å²) in [5, 5.41) is 10.5. The van der Waals surface area contributed by atoms with Crippen LogP contribution in [0.4, 0.5) is 10.1 Å². The molecule has 0 bridgehead atoms. The topological polar surface area (TPSA) is 71.3 Å². The summed E-state index contributed by atoms with van der Waals surface area (Å²) in [6, 6.07) is 13.3. The first-order chi connectivity index (χ1) is 14.9. The van der Waals surface area contributed by atoms with Crippen molar-refractivity contribution < 1.29 is 9.18 Å². The van der Waals surface area contributed by atoms with E-state index in [-0.39, 0.29) is 5.56 Å². The second kappa shape index (κ2) is 10.0. The fourth-order valence-electron chi connectivity index (χ4n) is 3.44. The van der Waals surface area contributed by atoms with E-state index in [4.69, 9.17) is 0 Å². The van der Waals surface area contributed by atoms with Crippen molar-refractivity contribution in [1.82, 2.24) is 15.1 Å². The number of nitrogens with zero attached hydrogens (tertiary/aromatic N) is 3. The average Bonchev–Trinajstić information content (AvgIpc) is 3.02. The second-order valence-corrected chi connectivity index (χ2v) is 7.35. The molecule has 1 heterocycles. The van der Waals surface area contributed by atoms with E-state index in [2.05, 4.69) is 34.6 Å². The zero-order chi connectivity index (χ0) is 22.4. The third-order valence-electron chi connectivity index (χ3n) is 5.18. The van der Waals surface area contributed by atoms with Crippen molar-refractivity contribution in [2.45, 2.75) is 40.7 Å². The van der Waals surface area contributed by atoms with E-state index in [0.29, 0.717) is 18.9 Å². The molecule has 0 fully saturated rings. The molecule has 2 aromatic carbocycles. The normalized spacial score (nSPS) is 11.5. The van der Waals surface area contributed by atoms with Crippen LogP contribution in [0.5, 0.6) is 0 Å². The number of carbonyl (C=O) groups is 1. The Hall–Kier alpha value is -3.48. The summed E-state index contributed by atoms with van der Waals surface area (Å²) in [5.41, 5.74) is 5.38. The molecule has 31 heavy (non-hydrogen) atoms. The molecule has 6 nitrogen and oxygen atoms in total. The SMILES string of the molecule is CCn1nc(C)c(CCN=C(NC(=O)c2cccc(F)c2)Nc2ccccc2C)c1C. The van der Waals surface area contributed by atoms with E-state index < -0.39 is 11.7 Å². The number of aryl methyl sites for hydroxylation is 3. The molecule has 162 valence electrons. The van der Waals surface area contributed by atoms with Gasteiger partial charge in [0.05, 0.1) is 5.69 Å². The van der Waals surface area contributed by atoms with Crippen LogP contribution in [0.15, 0.2) is 53.5 Å². The number of hydrogen-bond acceptors (Lipinski definition) is 3. The predicted molar refractivity (Wildman–Crippen MR) is 122 cm³/mol. The Morgan fingerprint density at radius 2 is 1.90 bits per heavy atom. The maximum absolute atomic E-state index is 13.5. The molecule has 2 N–H and O–H groups in total. The van der Waals surface area contributed by atoms with E-state index in [1.807, 2.05) is 42.8 Å². The Morgan fingerprint density at radius 1 is 1.13 bits per heavy atom. The number of benzene rings is 2. The molecule has 3 aromatic rings. The molecule has 0 saturated heterocycles. The Labute approximate surface area is 182 Å². The summed E-state index contributed by atoms with van der Waals surface area (Å²) in [6.45, 7) is 9.37. The van der Waals surface area contributed by atoms with Gasteiger partial charge < -0.3 is 5.32 Å². The van der Waals surface area contributed by atoms with Gasteiger partial charge in [-0.05, 0) is 69.5 Å². The van der Waals surface area contributed by atoms with Gasteiger partial charge in [-0.3, -0.25) is 19.8 Å². The molecule has 0 atom stereocenters. The minimum absolute atomic E-state index is 0.232. The zero-order valence-electron chi connectivity index (χ0n) is 18.4. The van der Waals surface area contributed by atoms with Gasteiger partial charge in [-0.15, -0.1) is 0 Å². The largest absolute Gasteiger partial charge is 0.326 e. The lowest BCUT2D eigenvalue weighted by molar-refractivity contribution is 0.0976. The summed E-state index contributed by atoms with van der Waals surface area (Å²) in [4.78, 5) is 17.3. The fraction of sp³-hybridized carbons (Fsp3) is 0.292. The highest BCUT2D eigenvalue weighted by Gasteiger charge is 2.13. The van der Waals surface area contributed by atoms with Gasteiger partial charge >= 0.3 is 0 Å². The van der Waals surface area contributed by atoms with Crippen LogP contribution in [0, 0.1) is 26.6 Å². The molecule has 0 saturated carbocycles. The van der Waals surface area contributed by atoms with E-state index in [1.54, 1.807) is 6.07 Å². The number of aliphatic imine (C=N–C) groups is 1. The number of guanidine groups is 1.